The third-order valence-corrected chi connectivity index (χ3v) is 2.65. The molecule has 0 saturated carbocycles. The number of aromatic nitrogens is 5. The van der Waals surface area contributed by atoms with E-state index in [9.17, 15) is 4.79 Å². The molecule has 0 unspecified atom stereocenters. The number of nitrogens with zero attached hydrogens (tertiary/aromatic N) is 4. The van der Waals surface area contributed by atoms with Crippen LogP contribution >= 0.6 is 0 Å². The average molecular weight is 229 g/mol. The van der Waals surface area contributed by atoms with Crippen LogP contribution in [0.25, 0.3) is 11.0 Å². The summed E-state index contributed by atoms with van der Waals surface area (Å²) in [6.45, 7) is 0.481. The van der Waals surface area contributed by atoms with Crippen LogP contribution in [0.4, 0.5) is 0 Å². The molecule has 17 heavy (non-hydrogen) atoms. The van der Waals surface area contributed by atoms with Crippen LogP contribution in [0.3, 0.4) is 0 Å². The van der Waals surface area contributed by atoms with Gasteiger partial charge >= 0.3 is 0 Å². The molecule has 0 atom stereocenters. The van der Waals surface area contributed by atoms with E-state index in [1.807, 2.05) is 13.2 Å². The number of H-pyrrole nitrogens is 1. The molecule has 0 amide bonds. The molecule has 0 saturated heterocycles. The largest absolute Gasteiger partial charge is 0.355 e. The Morgan fingerprint density at radius 2 is 2.35 bits per heavy atom. The van der Waals surface area contributed by atoms with Crippen LogP contribution in [-0.2, 0) is 13.6 Å². The highest BCUT2D eigenvalue weighted by Crippen LogP contribution is 2.04. The minimum absolute atomic E-state index is 0.0659. The van der Waals surface area contributed by atoms with Gasteiger partial charge in [0.2, 0.25) is 0 Å². The highest BCUT2D eigenvalue weighted by molar-refractivity contribution is 5.73. The molecule has 0 fully saturated rings. The molecule has 1 N–H and O–H groups in total. The maximum atomic E-state index is 12.1. The van der Waals surface area contributed by atoms with Crippen molar-refractivity contribution >= 4 is 11.0 Å². The zero-order chi connectivity index (χ0) is 11.8. The first-order chi connectivity index (χ1) is 8.24. The van der Waals surface area contributed by atoms with Crippen LogP contribution in [0, 0.1) is 0 Å². The Morgan fingerprint density at radius 1 is 1.47 bits per heavy atom. The van der Waals surface area contributed by atoms with E-state index < -0.39 is 0 Å². The minimum atomic E-state index is -0.0659. The molecular weight excluding hydrogens is 218 g/mol. The fourth-order valence-electron chi connectivity index (χ4n) is 1.83. The van der Waals surface area contributed by atoms with Gasteiger partial charge in [0.05, 0.1) is 24.6 Å². The van der Waals surface area contributed by atoms with E-state index in [1.54, 1.807) is 34.0 Å². The maximum absolute atomic E-state index is 12.1. The van der Waals surface area contributed by atoms with Crippen molar-refractivity contribution in [3.63, 3.8) is 0 Å². The van der Waals surface area contributed by atoms with Gasteiger partial charge in [-0.3, -0.25) is 14.0 Å². The third-order valence-electron chi connectivity index (χ3n) is 2.65. The van der Waals surface area contributed by atoms with E-state index in [1.165, 1.54) is 0 Å². The van der Waals surface area contributed by atoms with Crippen LogP contribution in [0.15, 0.2) is 35.8 Å². The highest BCUT2D eigenvalue weighted by atomic mass is 16.1. The van der Waals surface area contributed by atoms with Gasteiger partial charge in [-0.1, -0.05) is 0 Å². The molecule has 0 aromatic carbocycles. The lowest BCUT2D eigenvalue weighted by molar-refractivity contribution is 0.741. The first-order valence-electron chi connectivity index (χ1n) is 5.24. The topological polar surface area (TPSA) is 68.5 Å². The minimum Gasteiger partial charge on any atom is -0.355 e. The second-order valence-electron chi connectivity index (χ2n) is 3.94. The molecule has 86 valence electrons. The number of aromatic amines is 1. The predicted molar refractivity (Wildman–Crippen MR) is 62.7 cm³/mol. The predicted octanol–water partition coefficient (Wildman–Crippen LogP) is 0.506. The van der Waals surface area contributed by atoms with Crippen molar-refractivity contribution in [2.75, 3.05) is 0 Å². The van der Waals surface area contributed by atoms with E-state index in [4.69, 9.17) is 0 Å². The van der Waals surface area contributed by atoms with Crippen LogP contribution in [-0.4, -0.2) is 24.3 Å². The van der Waals surface area contributed by atoms with Crippen molar-refractivity contribution in [3.05, 3.63) is 46.9 Å². The summed E-state index contributed by atoms with van der Waals surface area (Å²) in [5.74, 6) is 0. The summed E-state index contributed by atoms with van der Waals surface area (Å²) in [4.78, 5) is 19.2. The molecule has 0 aliphatic carbocycles. The second kappa shape index (κ2) is 3.58. The average Bonchev–Trinajstić information content (AvgIpc) is 2.92. The number of aryl methyl sites for hydroxylation is 1. The summed E-state index contributed by atoms with van der Waals surface area (Å²) >= 11 is 0. The monoisotopic (exact) mass is 229 g/mol. The molecule has 3 rings (SSSR count). The molecule has 0 radical (unpaired) electrons. The van der Waals surface area contributed by atoms with Crippen molar-refractivity contribution in [2.24, 2.45) is 7.05 Å². The van der Waals surface area contributed by atoms with Crippen molar-refractivity contribution in [2.45, 2.75) is 6.54 Å². The van der Waals surface area contributed by atoms with E-state index >= 15 is 0 Å². The standard InChI is InChI=1S/C11H11N5O/c1-15-5-8(4-14-15)6-16-7-13-9-2-3-12-10(9)11(16)17/h2-5,7,12H,6H2,1H3. The Hall–Kier alpha value is -2.37. The fraction of sp³-hybridized carbons (Fsp3) is 0.182. The summed E-state index contributed by atoms with van der Waals surface area (Å²) in [7, 11) is 1.85. The molecule has 3 heterocycles. The zero-order valence-electron chi connectivity index (χ0n) is 9.29. The third kappa shape index (κ3) is 1.63. The molecular formula is C11H11N5O. The molecule has 0 aliphatic heterocycles. The molecule has 3 aromatic heterocycles. The highest BCUT2D eigenvalue weighted by Gasteiger charge is 2.05. The molecule has 6 heteroatoms. The number of rotatable bonds is 2. The maximum Gasteiger partial charge on any atom is 0.277 e. The fourth-order valence-corrected chi connectivity index (χ4v) is 1.83. The molecule has 6 nitrogen and oxygen atoms in total. The lowest BCUT2D eigenvalue weighted by atomic mass is 10.3. The number of nitrogens with one attached hydrogen (secondary N) is 1. The van der Waals surface area contributed by atoms with E-state index in [2.05, 4.69) is 15.1 Å². The first kappa shape index (κ1) is 9.83. The van der Waals surface area contributed by atoms with Crippen molar-refractivity contribution < 1.29 is 0 Å². The number of hydrogen-bond donors (Lipinski definition) is 1. The van der Waals surface area contributed by atoms with Gasteiger partial charge in [0, 0.05) is 25.0 Å². The molecule has 0 spiro atoms. The van der Waals surface area contributed by atoms with E-state index in [-0.39, 0.29) is 5.56 Å². The summed E-state index contributed by atoms with van der Waals surface area (Å²) in [6.07, 6.45) is 6.90. The Balaban J connectivity index is 2.06. The first-order valence-corrected chi connectivity index (χ1v) is 5.24. The van der Waals surface area contributed by atoms with Gasteiger partial charge in [-0.2, -0.15) is 5.10 Å². The summed E-state index contributed by atoms with van der Waals surface area (Å²) in [6, 6.07) is 1.78. The lowest BCUT2D eigenvalue weighted by Crippen LogP contribution is -2.20. The molecule has 0 aliphatic rings. The number of fused-ring (bicyclic) bond motifs is 1. The van der Waals surface area contributed by atoms with E-state index in [0.29, 0.717) is 17.6 Å². The number of hydrogen-bond acceptors (Lipinski definition) is 3. The Labute approximate surface area is 96.5 Å². The normalized spacial score (nSPS) is 11.1. The van der Waals surface area contributed by atoms with Crippen LogP contribution in [0.2, 0.25) is 0 Å². The lowest BCUT2D eigenvalue weighted by Gasteiger charge is -2.02. The zero-order valence-corrected chi connectivity index (χ0v) is 9.29. The smallest absolute Gasteiger partial charge is 0.277 e. The van der Waals surface area contributed by atoms with Gasteiger partial charge in [-0.25, -0.2) is 4.98 Å². The van der Waals surface area contributed by atoms with Gasteiger partial charge in [0.1, 0.15) is 5.52 Å². The van der Waals surface area contributed by atoms with Gasteiger partial charge in [0.25, 0.3) is 5.56 Å². The summed E-state index contributed by atoms with van der Waals surface area (Å²) < 4.78 is 3.27. The molecule has 0 bridgehead atoms. The van der Waals surface area contributed by atoms with Gasteiger partial charge < -0.3 is 4.98 Å². The Bertz CT molecular complexity index is 721. The molecule has 3 aromatic rings. The Morgan fingerprint density at radius 3 is 3.12 bits per heavy atom. The van der Waals surface area contributed by atoms with Crippen LogP contribution in [0.1, 0.15) is 5.56 Å². The van der Waals surface area contributed by atoms with E-state index in [0.717, 1.165) is 5.56 Å². The van der Waals surface area contributed by atoms with Gasteiger partial charge in [-0.15, -0.1) is 0 Å². The van der Waals surface area contributed by atoms with Gasteiger partial charge in [-0.05, 0) is 6.07 Å². The summed E-state index contributed by atoms with van der Waals surface area (Å²) in [5, 5.41) is 4.07. The summed E-state index contributed by atoms with van der Waals surface area (Å²) in [5.41, 5.74) is 2.14. The second-order valence-corrected chi connectivity index (χ2v) is 3.94. The van der Waals surface area contributed by atoms with Gasteiger partial charge in [0.15, 0.2) is 0 Å². The van der Waals surface area contributed by atoms with Crippen molar-refractivity contribution in [1.29, 1.82) is 0 Å². The van der Waals surface area contributed by atoms with Crippen LogP contribution in [0.5, 0.6) is 0 Å². The van der Waals surface area contributed by atoms with Crippen molar-refractivity contribution in [1.82, 2.24) is 24.3 Å². The van der Waals surface area contributed by atoms with Crippen LogP contribution < -0.4 is 5.56 Å². The van der Waals surface area contributed by atoms with Crippen molar-refractivity contribution in [3.8, 4) is 0 Å². The SMILES string of the molecule is Cn1cc(Cn2cnc3cc[nH]c3c2=O)cn1. The quantitative estimate of drug-likeness (QED) is 0.696. The Kier molecular flexibility index (Phi) is 2.07.